The largest absolute Gasteiger partial charge is 0.332 e. The van der Waals surface area contributed by atoms with Gasteiger partial charge in [-0.3, -0.25) is 28.8 Å². The van der Waals surface area contributed by atoms with Crippen molar-refractivity contribution in [2.75, 3.05) is 16.8 Å². The Morgan fingerprint density at radius 1 is 1.17 bits per heavy atom. The third-order valence-corrected chi connectivity index (χ3v) is 7.01. The zero-order valence-corrected chi connectivity index (χ0v) is 20.1. The highest BCUT2D eigenvalue weighted by Gasteiger charge is 2.34. The Balaban J connectivity index is 1.29. The van der Waals surface area contributed by atoms with E-state index in [0.717, 1.165) is 15.8 Å². The minimum Gasteiger partial charge on any atom is -0.315 e. The molecule has 5 rings (SSSR count). The average Bonchev–Trinajstić information content (AvgIpc) is 3.55. The summed E-state index contributed by atoms with van der Waals surface area (Å²) in [6, 6.07) is 7.77. The van der Waals surface area contributed by atoms with Crippen LogP contribution < -0.4 is 21.5 Å². The monoisotopic (exact) mass is 494 g/mol. The standard InChI is InChI=1S/C22H22N8O4S/c1-12-5-4-6-14(7-12)30-9-13(8-16(30)32)19-25-26-21(35-19)24-15(31)10-29-11-23-18-17(29)20(33)28(3)22(34)27(18)2/h4-7,11,13H,8-10H2,1-3H3,(H,24,26,31). The Morgan fingerprint density at radius 2 is 1.97 bits per heavy atom. The number of nitrogens with one attached hydrogen (secondary N) is 1. The summed E-state index contributed by atoms with van der Waals surface area (Å²) in [7, 11) is 2.89. The molecule has 1 aromatic carbocycles. The topological polar surface area (TPSA) is 137 Å². The molecule has 1 aliphatic heterocycles. The van der Waals surface area contributed by atoms with Gasteiger partial charge >= 0.3 is 5.69 Å². The normalized spacial score (nSPS) is 15.8. The van der Waals surface area contributed by atoms with Gasteiger partial charge in [0.25, 0.3) is 5.56 Å². The maximum Gasteiger partial charge on any atom is 0.332 e. The number of hydrogen-bond donors (Lipinski definition) is 1. The molecular weight excluding hydrogens is 472 g/mol. The van der Waals surface area contributed by atoms with E-state index in [0.29, 0.717) is 23.1 Å². The van der Waals surface area contributed by atoms with Gasteiger partial charge in [0, 0.05) is 38.7 Å². The number of benzene rings is 1. The molecule has 3 aromatic heterocycles. The molecule has 0 bridgehead atoms. The smallest absolute Gasteiger partial charge is 0.315 e. The van der Waals surface area contributed by atoms with Gasteiger partial charge in [0.05, 0.1) is 6.33 Å². The molecule has 0 aliphatic carbocycles. The van der Waals surface area contributed by atoms with Crippen LogP contribution in [0.3, 0.4) is 0 Å². The predicted molar refractivity (Wildman–Crippen MR) is 130 cm³/mol. The maximum absolute atomic E-state index is 12.7. The Morgan fingerprint density at radius 3 is 2.74 bits per heavy atom. The van der Waals surface area contributed by atoms with Crippen LogP contribution in [0.1, 0.15) is 22.9 Å². The summed E-state index contributed by atoms with van der Waals surface area (Å²) in [5.74, 6) is -0.524. The van der Waals surface area contributed by atoms with Crippen molar-refractivity contribution in [1.82, 2.24) is 28.9 Å². The van der Waals surface area contributed by atoms with E-state index < -0.39 is 17.2 Å². The summed E-state index contributed by atoms with van der Waals surface area (Å²) >= 11 is 1.22. The molecule has 4 aromatic rings. The number of aryl methyl sites for hydroxylation is 2. The first-order valence-electron chi connectivity index (χ1n) is 10.8. The van der Waals surface area contributed by atoms with E-state index in [9.17, 15) is 19.2 Å². The van der Waals surface area contributed by atoms with Crippen molar-refractivity contribution in [3.63, 3.8) is 0 Å². The van der Waals surface area contributed by atoms with E-state index in [2.05, 4.69) is 20.5 Å². The van der Waals surface area contributed by atoms with Crippen LogP contribution in [0.2, 0.25) is 0 Å². The predicted octanol–water partition coefficient (Wildman–Crippen LogP) is 0.753. The minimum absolute atomic E-state index is 0.0179. The molecule has 1 N–H and O–H groups in total. The van der Waals surface area contributed by atoms with Crippen LogP contribution in [0.15, 0.2) is 40.2 Å². The highest BCUT2D eigenvalue weighted by Crippen LogP contribution is 2.34. The average molecular weight is 495 g/mol. The summed E-state index contributed by atoms with van der Waals surface area (Å²) in [6.45, 7) is 2.28. The van der Waals surface area contributed by atoms with Crippen LogP contribution in [0.4, 0.5) is 10.8 Å². The van der Waals surface area contributed by atoms with Gasteiger partial charge in [-0.05, 0) is 24.6 Å². The fourth-order valence-corrected chi connectivity index (χ4v) is 5.05. The van der Waals surface area contributed by atoms with Crippen molar-refractivity contribution in [3.8, 4) is 0 Å². The molecule has 2 amide bonds. The van der Waals surface area contributed by atoms with Crippen molar-refractivity contribution >= 4 is 45.1 Å². The first-order chi connectivity index (χ1) is 16.7. The SMILES string of the molecule is Cc1cccc(N2CC(c3nnc(NC(=O)Cn4cnc5c4c(=O)n(C)c(=O)n5C)s3)CC2=O)c1. The molecule has 1 aliphatic rings. The number of rotatable bonds is 5. The Labute approximate surface area is 202 Å². The zero-order valence-electron chi connectivity index (χ0n) is 19.3. The van der Waals surface area contributed by atoms with Crippen molar-refractivity contribution in [2.45, 2.75) is 25.8 Å². The van der Waals surface area contributed by atoms with Gasteiger partial charge in [0.15, 0.2) is 11.2 Å². The molecule has 1 fully saturated rings. The number of amides is 2. The number of aromatic nitrogens is 6. The Bertz CT molecular complexity index is 1600. The third-order valence-electron chi connectivity index (χ3n) is 6.01. The molecule has 35 heavy (non-hydrogen) atoms. The van der Waals surface area contributed by atoms with Crippen LogP contribution in [-0.2, 0) is 30.2 Å². The lowest BCUT2D eigenvalue weighted by atomic mass is 10.1. The van der Waals surface area contributed by atoms with Crippen LogP contribution in [-0.4, -0.2) is 47.2 Å². The number of hydrogen-bond acceptors (Lipinski definition) is 8. The van der Waals surface area contributed by atoms with E-state index in [1.807, 2.05) is 31.2 Å². The summed E-state index contributed by atoms with van der Waals surface area (Å²) in [6.07, 6.45) is 1.67. The van der Waals surface area contributed by atoms with Gasteiger partial charge in [-0.2, -0.15) is 0 Å². The van der Waals surface area contributed by atoms with Gasteiger partial charge in [-0.15, -0.1) is 10.2 Å². The van der Waals surface area contributed by atoms with E-state index in [4.69, 9.17) is 0 Å². The summed E-state index contributed by atoms with van der Waals surface area (Å²) < 4.78 is 3.62. The van der Waals surface area contributed by atoms with Gasteiger partial charge in [-0.1, -0.05) is 23.5 Å². The number of nitrogens with zero attached hydrogens (tertiary/aromatic N) is 7. The highest BCUT2D eigenvalue weighted by atomic mass is 32.1. The summed E-state index contributed by atoms with van der Waals surface area (Å²) in [5.41, 5.74) is 1.26. The lowest BCUT2D eigenvalue weighted by Gasteiger charge is -2.16. The van der Waals surface area contributed by atoms with E-state index in [-0.39, 0.29) is 29.5 Å². The lowest BCUT2D eigenvalue weighted by molar-refractivity contribution is -0.117. The molecule has 0 saturated carbocycles. The number of anilines is 2. The quantitative estimate of drug-likeness (QED) is 0.432. The van der Waals surface area contributed by atoms with Crippen LogP contribution >= 0.6 is 11.3 Å². The van der Waals surface area contributed by atoms with Crippen molar-refractivity contribution in [1.29, 1.82) is 0 Å². The van der Waals surface area contributed by atoms with Crippen molar-refractivity contribution < 1.29 is 9.59 Å². The highest BCUT2D eigenvalue weighted by molar-refractivity contribution is 7.15. The molecule has 0 spiro atoms. The molecule has 1 atom stereocenters. The molecular formula is C22H22N8O4S. The van der Waals surface area contributed by atoms with Crippen LogP contribution in [0.25, 0.3) is 11.2 Å². The fourth-order valence-electron chi connectivity index (χ4n) is 4.20. The molecule has 12 nitrogen and oxygen atoms in total. The second-order valence-electron chi connectivity index (χ2n) is 8.49. The molecule has 0 radical (unpaired) electrons. The van der Waals surface area contributed by atoms with Crippen LogP contribution in [0.5, 0.6) is 0 Å². The van der Waals surface area contributed by atoms with E-state index >= 15 is 0 Å². The van der Waals surface area contributed by atoms with Gasteiger partial charge < -0.3 is 9.47 Å². The molecule has 180 valence electrons. The van der Waals surface area contributed by atoms with Crippen molar-refractivity contribution in [3.05, 3.63) is 62.0 Å². The van der Waals surface area contributed by atoms with Gasteiger partial charge in [-0.25, -0.2) is 9.78 Å². The summed E-state index contributed by atoms with van der Waals surface area (Å²) in [4.78, 5) is 55.7. The third kappa shape index (κ3) is 4.03. The molecule has 4 heterocycles. The van der Waals surface area contributed by atoms with E-state index in [1.165, 1.54) is 40.9 Å². The number of carbonyl (C=O) groups is 2. The Hall–Kier alpha value is -4.13. The minimum atomic E-state index is -0.532. The molecule has 13 heteroatoms. The van der Waals surface area contributed by atoms with Gasteiger partial charge in [0.1, 0.15) is 11.6 Å². The number of imidazole rings is 1. The Kier molecular flexibility index (Phi) is 5.55. The first-order valence-corrected chi connectivity index (χ1v) is 11.7. The number of carbonyl (C=O) groups excluding carboxylic acids is 2. The second-order valence-corrected chi connectivity index (χ2v) is 9.50. The van der Waals surface area contributed by atoms with E-state index in [1.54, 1.807) is 4.90 Å². The maximum atomic E-state index is 12.7. The lowest BCUT2D eigenvalue weighted by Crippen LogP contribution is -2.37. The number of fused-ring (bicyclic) bond motifs is 1. The summed E-state index contributed by atoms with van der Waals surface area (Å²) in [5, 5.41) is 11.9. The fraction of sp³-hybridized carbons (Fsp3) is 0.318. The van der Waals surface area contributed by atoms with Crippen molar-refractivity contribution in [2.24, 2.45) is 14.1 Å². The van der Waals surface area contributed by atoms with Crippen LogP contribution in [0, 0.1) is 6.92 Å². The second kappa shape index (κ2) is 8.58. The van der Waals surface area contributed by atoms with Gasteiger partial charge in [0.2, 0.25) is 16.9 Å². The molecule has 1 saturated heterocycles. The molecule has 1 unspecified atom stereocenters. The first kappa shape index (κ1) is 22.7. The zero-order chi connectivity index (χ0) is 24.9.